The van der Waals surface area contributed by atoms with Crippen molar-refractivity contribution in [1.82, 2.24) is 10.6 Å². The molecular weight excluding hydrogens is 318 g/mol. The van der Waals surface area contributed by atoms with Gasteiger partial charge in [-0.3, -0.25) is 9.59 Å². The highest BCUT2D eigenvalue weighted by atomic mass is 16.5. The van der Waals surface area contributed by atoms with E-state index in [2.05, 4.69) is 17.6 Å². The van der Waals surface area contributed by atoms with Gasteiger partial charge in [-0.05, 0) is 50.9 Å². The van der Waals surface area contributed by atoms with Crippen molar-refractivity contribution in [2.24, 2.45) is 5.92 Å². The molecule has 2 saturated heterocycles. The zero-order valence-electron chi connectivity index (χ0n) is 15.2. The predicted octanol–water partition coefficient (Wildman–Crippen LogP) is 1.61. The number of nitrogens with one attached hydrogen (secondary N) is 2. The Hall–Kier alpha value is -2.08. The third kappa shape index (κ3) is 3.95. The average Bonchev–Trinajstić information content (AvgIpc) is 2.96. The van der Waals surface area contributed by atoms with Gasteiger partial charge in [0.15, 0.2) is 0 Å². The molecule has 0 saturated carbocycles. The maximum Gasteiger partial charge on any atom is 0.227 e. The summed E-state index contributed by atoms with van der Waals surface area (Å²) in [4.78, 5) is 26.8. The molecule has 2 amide bonds. The molecule has 2 fully saturated rings. The van der Waals surface area contributed by atoms with E-state index in [0.29, 0.717) is 18.3 Å². The number of methoxy groups -OCH3 is 1. The Balaban J connectivity index is 1.68. The number of aryl methyl sites for hydroxylation is 1. The second-order valence-electron chi connectivity index (χ2n) is 7.17. The Morgan fingerprint density at radius 3 is 2.92 bits per heavy atom. The van der Waals surface area contributed by atoms with Crippen LogP contribution in [0.15, 0.2) is 18.2 Å². The molecule has 0 radical (unpaired) electrons. The molecule has 0 aliphatic carbocycles. The van der Waals surface area contributed by atoms with Gasteiger partial charge in [0.05, 0.1) is 18.7 Å². The normalized spacial score (nSPS) is 26.6. The van der Waals surface area contributed by atoms with Crippen molar-refractivity contribution in [3.8, 4) is 5.75 Å². The van der Waals surface area contributed by atoms with Crippen LogP contribution in [0.1, 0.15) is 31.7 Å². The van der Waals surface area contributed by atoms with E-state index >= 15 is 0 Å². The van der Waals surface area contributed by atoms with Crippen LogP contribution in [-0.2, 0) is 9.59 Å². The summed E-state index contributed by atoms with van der Waals surface area (Å²) in [5.41, 5.74) is 1.80. The summed E-state index contributed by atoms with van der Waals surface area (Å²) >= 11 is 0. The van der Waals surface area contributed by atoms with Gasteiger partial charge in [0.2, 0.25) is 11.8 Å². The summed E-state index contributed by atoms with van der Waals surface area (Å²) in [5.74, 6) is 0.319. The molecule has 1 aromatic rings. The van der Waals surface area contributed by atoms with Crippen molar-refractivity contribution in [2.45, 2.75) is 45.2 Å². The maximum atomic E-state index is 12.6. The van der Waals surface area contributed by atoms with Crippen molar-refractivity contribution in [3.63, 3.8) is 0 Å². The number of carbonyl (C=O) groups is 2. The molecule has 136 valence electrons. The highest BCUT2D eigenvalue weighted by molar-refractivity contribution is 6.01. The fraction of sp³-hybridized carbons (Fsp3) is 0.579. The van der Waals surface area contributed by atoms with Gasteiger partial charge in [0.25, 0.3) is 0 Å². The number of carbonyl (C=O) groups excluding carboxylic acids is 2. The summed E-state index contributed by atoms with van der Waals surface area (Å²) in [7, 11) is 1.59. The van der Waals surface area contributed by atoms with Crippen LogP contribution >= 0.6 is 0 Å². The molecule has 2 aliphatic heterocycles. The minimum atomic E-state index is -0.303. The van der Waals surface area contributed by atoms with E-state index in [0.717, 1.165) is 30.6 Å². The first-order chi connectivity index (χ1) is 12.0. The molecule has 1 aromatic carbocycles. The fourth-order valence-electron chi connectivity index (χ4n) is 3.71. The van der Waals surface area contributed by atoms with Gasteiger partial charge < -0.3 is 20.3 Å². The third-order valence-corrected chi connectivity index (χ3v) is 5.09. The van der Waals surface area contributed by atoms with E-state index in [-0.39, 0.29) is 30.2 Å². The Bertz CT molecular complexity index is 661. The number of ether oxygens (including phenoxy) is 1. The van der Waals surface area contributed by atoms with Crippen LogP contribution in [0, 0.1) is 12.8 Å². The van der Waals surface area contributed by atoms with Crippen LogP contribution in [0.25, 0.3) is 0 Å². The first kappa shape index (κ1) is 17.7. The number of anilines is 1. The zero-order chi connectivity index (χ0) is 18.0. The molecule has 0 aromatic heterocycles. The average molecular weight is 345 g/mol. The molecule has 3 atom stereocenters. The minimum absolute atomic E-state index is 0.0124. The second kappa shape index (κ2) is 7.44. The van der Waals surface area contributed by atoms with Crippen LogP contribution in [0.3, 0.4) is 0 Å². The van der Waals surface area contributed by atoms with Crippen molar-refractivity contribution in [2.75, 3.05) is 25.1 Å². The molecule has 6 heteroatoms. The van der Waals surface area contributed by atoms with Gasteiger partial charge in [-0.25, -0.2) is 0 Å². The van der Waals surface area contributed by atoms with Crippen molar-refractivity contribution >= 4 is 17.5 Å². The Kier molecular flexibility index (Phi) is 5.27. The SMILES string of the molecule is COc1ccc(C)cc1N1CC(C(=O)NC2CCNC(C)C2)CC1=O. The molecule has 3 rings (SSSR count). The Morgan fingerprint density at radius 1 is 1.40 bits per heavy atom. The smallest absolute Gasteiger partial charge is 0.227 e. The quantitative estimate of drug-likeness (QED) is 0.870. The topological polar surface area (TPSA) is 70.7 Å². The van der Waals surface area contributed by atoms with E-state index in [1.54, 1.807) is 12.0 Å². The first-order valence-electron chi connectivity index (χ1n) is 8.96. The van der Waals surface area contributed by atoms with E-state index in [1.165, 1.54) is 0 Å². The van der Waals surface area contributed by atoms with E-state index < -0.39 is 0 Å². The highest BCUT2D eigenvalue weighted by Gasteiger charge is 2.37. The van der Waals surface area contributed by atoms with Gasteiger partial charge >= 0.3 is 0 Å². The lowest BCUT2D eigenvalue weighted by Crippen LogP contribution is -2.48. The number of nitrogens with zero attached hydrogens (tertiary/aromatic N) is 1. The van der Waals surface area contributed by atoms with E-state index in [1.807, 2.05) is 25.1 Å². The lowest BCUT2D eigenvalue weighted by atomic mass is 9.99. The summed E-state index contributed by atoms with van der Waals surface area (Å²) in [6, 6.07) is 6.36. The lowest BCUT2D eigenvalue weighted by molar-refractivity contribution is -0.127. The molecule has 2 aliphatic rings. The van der Waals surface area contributed by atoms with Crippen molar-refractivity contribution in [3.05, 3.63) is 23.8 Å². The highest BCUT2D eigenvalue weighted by Crippen LogP contribution is 2.34. The minimum Gasteiger partial charge on any atom is -0.495 e. The second-order valence-corrected chi connectivity index (χ2v) is 7.17. The summed E-state index contributed by atoms with van der Waals surface area (Å²) < 4.78 is 5.39. The van der Waals surface area contributed by atoms with E-state index in [9.17, 15) is 9.59 Å². The summed E-state index contributed by atoms with van der Waals surface area (Å²) in [6.45, 7) is 5.43. The monoisotopic (exact) mass is 345 g/mol. The van der Waals surface area contributed by atoms with Crippen LogP contribution in [0.5, 0.6) is 5.75 Å². The number of piperidine rings is 1. The maximum absolute atomic E-state index is 12.6. The van der Waals surface area contributed by atoms with Crippen LogP contribution in [-0.4, -0.2) is 44.1 Å². The molecule has 3 unspecified atom stereocenters. The molecule has 25 heavy (non-hydrogen) atoms. The number of hydrogen-bond donors (Lipinski definition) is 2. The van der Waals surface area contributed by atoms with Gasteiger partial charge in [-0.1, -0.05) is 6.07 Å². The summed E-state index contributed by atoms with van der Waals surface area (Å²) in [5, 5.41) is 6.52. The number of amides is 2. The predicted molar refractivity (Wildman–Crippen MR) is 96.8 cm³/mol. The lowest BCUT2D eigenvalue weighted by Gasteiger charge is -2.29. The largest absolute Gasteiger partial charge is 0.495 e. The van der Waals surface area contributed by atoms with Crippen LogP contribution in [0.2, 0.25) is 0 Å². The van der Waals surface area contributed by atoms with Gasteiger partial charge in [-0.15, -0.1) is 0 Å². The van der Waals surface area contributed by atoms with Crippen molar-refractivity contribution < 1.29 is 14.3 Å². The third-order valence-electron chi connectivity index (χ3n) is 5.09. The molecule has 6 nitrogen and oxygen atoms in total. The van der Waals surface area contributed by atoms with Gasteiger partial charge in [0, 0.05) is 25.0 Å². The molecule has 2 heterocycles. The van der Waals surface area contributed by atoms with Gasteiger partial charge in [0.1, 0.15) is 5.75 Å². The summed E-state index contributed by atoms with van der Waals surface area (Å²) in [6.07, 6.45) is 2.12. The Labute approximate surface area is 148 Å². The Morgan fingerprint density at radius 2 is 2.20 bits per heavy atom. The van der Waals surface area contributed by atoms with Gasteiger partial charge in [-0.2, -0.15) is 0 Å². The first-order valence-corrected chi connectivity index (χ1v) is 8.96. The number of hydrogen-bond acceptors (Lipinski definition) is 4. The van der Waals surface area contributed by atoms with Crippen LogP contribution < -0.4 is 20.3 Å². The molecule has 0 bridgehead atoms. The molecular formula is C19H27N3O3. The number of rotatable bonds is 4. The zero-order valence-corrected chi connectivity index (χ0v) is 15.2. The van der Waals surface area contributed by atoms with Crippen LogP contribution in [0.4, 0.5) is 5.69 Å². The number of benzene rings is 1. The van der Waals surface area contributed by atoms with Crippen molar-refractivity contribution in [1.29, 1.82) is 0 Å². The van der Waals surface area contributed by atoms with E-state index in [4.69, 9.17) is 4.74 Å². The molecule has 2 N–H and O–H groups in total. The fourth-order valence-corrected chi connectivity index (χ4v) is 3.71. The molecule has 0 spiro atoms. The standard InChI is InChI=1S/C19H27N3O3/c1-12-4-5-17(25-3)16(8-12)22-11-14(10-18(22)23)19(24)21-15-6-7-20-13(2)9-15/h4-5,8,13-15,20H,6-7,9-11H2,1-3H3,(H,21,24).